The van der Waals surface area contributed by atoms with Gasteiger partial charge in [-0.05, 0) is 30.5 Å². The van der Waals surface area contributed by atoms with Crippen LogP contribution in [-0.2, 0) is 30.8 Å². The summed E-state index contributed by atoms with van der Waals surface area (Å²) in [7, 11) is 0. The molecule has 3 rings (SSSR count). The number of fused-ring (bicyclic) bond motifs is 1. The largest absolute Gasteiger partial charge is 0.350 e. The van der Waals surface area contributed by atoms with Crippen LogP contribution in [0.2, 0.25) is 10.0 Å². The van der Waals surface area contributed by atoms with E-state index in [1.807, 2.05) is 0 Å². The van der Waals surface area contributed by atoms with Gasteiger partial charge in [-0.3, -0.25) is 9.36 Å². The highest BCUT2D eigenvalue weighted by Crippen LogP contribution is 2.20. The molecular weight excluding hydrogens is 351 g/mol. The van der Waals surface area contributed by atoms with Crippen molar-refractivity contribution >= 4 is 29.1 Å². The molecule has 1 amide bonds. The summed E-state index contributed by atoms with van der Waals surface area (Å²) in [6.07, 6.45) is 3.88. The van der Waals surface area contributed by atoms with E-state index in [9.17, 15) is 9.59 Å². The van der Waals surface area contributed by atoms with Crippen LogP contribution in [0.25, 0.3) is 0 Å². The van der Waals surface area contributed by atoms with Gasteiger partial charge in [-0.1, -0.05) is 35.7 Å². The van der Waals surface area contributed by atoms with Crippen LogP contribution in [0.4, 0.5) is 0 Å². The second-order valence-electron chi connectivity index (χ2n) is 5.83. The van der Waals surface area contributed by atoms with Gasteiger partial charge in [-0.2, -0.15) is 5.10 Å². The summed E-state index contributed by atoms with van der Waals surface area (Å²) in [5, 5.41) is 8.09. The zero-order chi connectivity index (χ0) is 17.1. The zero-order valence-electron chi connectivity index (χ0n) is 13.1. The summed E-state index contributed by atoms with van der Waals surface area (Å²) >= 11 is 11.9. The molecule has 0 radical (unpaired) electrons. The Balaban J connectivity index is 1.64. The fourth-order valence-electron chi connectivity index (χ4n) is 2.78. The van der Waals surface area contributed by atoms with Crippen LogP contribution in [0.1, 0.15) is 30.7 Å². The van der Waals surface area contributed by atoms with Gasteiger partial charge in [-0.15, -0.1) is 0 Å². The number of nitrogens with zero attached hydrogens (tertiary/aromatic N) is 3. The molecule has 1 aliphatic rings. The number of amides is 1. The third-order valence-corrected chi connectivity index (χ3v) is 4.65. The minimum atomic E-state index is -0.281. The highest BCUT2D eigenvalue weighted by Gasteiger charge is 2.17. The monoisotopic (exact) mass is 368 g/mol. The second kappa shape index (κ2) is 7.40. The van der Waals surface area contributed by atoms with Gasteiger partial charge in [0.2, 0.25) is 5.91 Å². The van der Waals surface area contributed by atoms with E-state index in [1.54, 1.807) is 22.8 Å². The Morgan fingerprint density at radius 1 is 1.25 bits per heavy atom. The van der Waals surface area contributed by atoms with E-state index in [0.717, 1.165) is 37.1 Å². The maximum atomic E-state index is 12.3. The average molecular weight is 369 g/mol. The van der Waals surface area contributed by atoms with Crippen molar-refractivity contribution in [2.75, 3.05) is 0 Å². The molecule has 128 valence electrons. The Morgan fingerprint density at radius 2 is 2.08 bits per heavy atom. The molecule has 8 heteroatoms. The fraction of sp³-hybridized carbons (Fsp3) is 0.438. The molecule has 1 aromatic carbocycles. The van der Waals surface area contributed by atoms with Crippen molar-refractivity contribution in [1.29, 1.82) is 0 Å². The Morgan fingerprint density at radius 3 is 2.88 bits per heavy atom. The number of hydrogen-bond donors (Lipinski definition) is 1. The van der Waals surface area contributed by atoms with Crippen LogP contribution in [0.3, 0.4) is 0 Å². The number of carbonyl (C=O) groups is 1. The van der Waals surface area contributed by atoms with Gasteiger partial charge >= 0.3 is 5.69 Å². The highest BCUT2D eigenvalue weighted by atomic mass is 35.5. The number of carbonyl (C=O) groups excluding carboxylic acids is 1. The van der Waals surface area contributed by atoms with Crippen molar-refractivity contribution < 1.29 is 4.79 Å². The summed E-state index contributed by atoms with van der Waals surface area (Å²) in [4.78, 5) is 24.4. The summed E-state index contributed by atoms with van der Waals surface area (Å²) in [5.41, 5.74) is 0.550. The molecule has 0 unspecified atom stereocenters. The Kier molecular flexibility index (Phi) is 5.26. The van der Waals surface area contributed by atoms with Crippen molar-refractivity contribution in [2.24, 2.45) is 0 Å². The number of benzene rings is 1. The van der Waals surface area contributed by atoms with Gasteiger partial charge < -0.3 is 5.32 Å². The molecule has 1 aliphatic heterocycles. The molecule has 24 heavy (non-hydrogen) atoms. The average Bonchev–Trinajstić information content (AvgIpc) is 2.72. The lowest BCUT2D eigenvalue weighted by atomic mass is 10.2. The first-order chi connectivity index (χ1) is 11.5. The topological polar surface area (TPSA) is 68.9 Å². The van der Waals surface area contributed by atoms with E-state index in [2.05, 4.69) is 10.4 Å². The molecular formula is C16H18Cl2N4O2. The molecule has 6 nitrogen and oxygen atoms in total. The summed E-state index contributed by atoms with van der Waals surface area (Å²) in [6, 6.07) is 5.10. The SMILES string of the molecule is O=C(Cn1nc2n(c1=O)CCCCC2)NCc1ccc(Cl)cc1Cl. The number of nitrogens with one attached hydrogen (secondary N) is 1. The predicted octanol–water partition coefficient (Wildman–Crippen LogP) is 2.39. The van der Waals surface area contributed by atoms with E-state index < -0.39 is 0 Å². The van der Waals surface area contributed by atoms with Crippen LogP contribution in [0, 0.1) is 0 Å². The number of hydrogen-bond acceptors (Lipinski definition) is 3. The molecule has 0 saturated heterocycles. The van der Waals surface area contributed by atoms with Gasteiger partial charge in [0.05, 0.1) is 0 Å². The minimum Gasteiger partial charge on any atom is -0.350 e. The molecule has 0 spiro atoms. The van der Waals surface area contributed by atoms with E-state index in [4.69, 9.17) is 23.2 Å². The third kappa shape index (κ3) is 3.82. The first kappa shape index (κ1) is 17.0. The molecule has 2 aromatic rings. The quantitative estimate of drug-likeness (QED) is 0.900. The van der Waals surface area contributed by atoms with Crippen LogP contribution < -0.4 is 11.0 Å². The number of halogens is 2. The molecule has 1 aromatic heterocycles. The molecule has 0 fully saturated rings. The number of rotatable bonds is 4. The number of aromatic nitrogens is 3. The van der Waals surface area contributed by atoms with Gasteiger partial charge in [-0.25, -0.2) is 9.48 Å². The fourth-order valence-corrected chi connectivity index (χ4v) is 3.25. The Bertz CT molecular complexity index is 813. The normalized spacial score (nSPS) is 14.1. The summed E-state index contributed by atoms with van der Waals surface area (Å²) in [5.74, 6) is 0.488. The lowest BCUT2D eigenvalue weighted by Crippen LogP contribution is -2.33. The summed E-state index contributed by atoms with van der Waals surface area (Å²) < 4.78 is 2.91. The van der Waals surface area contributed by atoms with E-state index in [-0.39, 0.29) is 24.7 Å². The van der Waals surface area contributed by atoms with Crippen molar-refractivity contribution in [1.82, 2.24) is 19.7 Å². The highest BCUT2D eigenvalue weighted by molar-refractivity contribution is 6.35. The molecule has 2 heterocycles. The maximum Gasteiger partial charge on any atom is 0.346 e. The number of aryl methyl sites for hydroxylation is 1. The van der Waals surface area contributed by atoms with Gasteiger partial charge in [0.15, 0.2) is 0 Å². The van der Waals surface area contributed by atoms with E-state index >= 15 is 0 Å². The molecule has 1 N–H and O–H groups in total. The standard InChI is InChI=1S/C16H18Cl2N4O2/c17-12-6-5-11(13(18)8-12)9-19-15(23)10-22-16(24)21-7-3-1-2-4-14(21)20-22/h5-6,8H,1-4,7,9-10H2,(H,19,23). The van der Waals surface area contributed by atoms with Crippen molar-refractivity contribution in [2.45, 2.75) is 45.3 Å². The van der Waals surface area contributed by atoms with Crippen molar-refractivity contribution in [3.05, 3.63) is 50.1 Å². The van der Waals surface area contributed by atoms with E-state index in [1.165, 1.54) is 4.68 Å². The van der Waals surface area contributed by atoms with Gasteiger partial charge in [0.1, 0.15) is 12.4 Å². The van der Waals surface area contributed by atoms with Crippen LogP contribution in [0.15, 0.2) is 23.0 Å². The zero-order valence-corrected chi connectivity index (χ0v) is 14.6. The lowest BCUT2D eigenvalue weighted by molar-refractivity contribution is -0.122. The molecule has 0 atom stereocenters. The first-order valence-electron chi connectivity index (χ1n) is 7.92. The van der Waals surface area contributed by atoms with Crippen molar-refractivity contribution in [3.8, 4) is 0 Å². The smallest absolute Gasteiger partial charge is 0.346 e. The third-order valence-electron chi connectivity index (χ3n) is 4.07. The van der Waals surface area contributed by atoms with Gasteiger partial charge in [0.25, 0.3) is 0 Å². The van der Waals surface area contributed by atoms with Crippen LogP contribution in [-0.4, -0.2) is 20.3 Å². The first-order valence-corrected chi connectivity index (χ1v) is 8.67. The maximum absolute atomic E-state index is 12.3. The molecule has 0 bridgehead atoms. The molecule has 0 aliphatic carbocycles. The predicted molar refractivity (Wildman–Crippen MR) is 92.4 cm³/mol. The summed E-state index contributed by atoms with van der Waals surface area (Å²) in [6.45, 7) is 0.858. The minimum absolute atomic E-state index is 0.0932. The van der Waals surface area contributed by atoms with Gasteiger partial charge in [0, 0.05) is 29.6 Å². The van der Waals surface area contributed by atoms with Crippen molar-refractivity contribution in [3.63, 3.8) is 0 Å². The second-order valence-corrected chi connectivity index (χ2v) is 6.67. The Hall–Kier alpha value is -1.79. The Labute approximate surface area is 149 Å². The van der Waals surface area contributed by atoms with Crippen LogP contribution in [0.5, 0.6) is 0 Å². The lowest BCUT2D eigenvalue weighted by Gasteiger charge is -2.07. The van der Waals surface area contributed by atoms with Crippen LogP contribution >= 0.6 is 23.2 Å². The molecule has 0 saturated carbocycles. The van der Waals surface area contributed by atoms with E-state index in [0.29, 0.717) is 16.6 Å².